The average Bonchev–Trinajstić information content (AvgIpc) is 2.80. The molecule has 1 atom stereocenters. The minimum Gasteiger partial charge on any atom is -0.447 e. The molecule has 0 saturated carbocycles. The number of aromatic nitrogens is 1. The molecule has 1 unspecified atom stereocenters. The van der Waals surface area contributed by atoms with Crippen molar-refractivity contribution in [2.24, 2.45) is 0 Å². The van der Waals surface area contributed by atoms with E-state index >= 15 is 0 Å². The van der Waals surface area contributed by atoms with Crippen molar-refractivity contribution in [1.29, 1.82) is 0 Å². The SMILES string of the molecule is Cc1ncoc1C(CO)c1ccsc1. The van der Waals surface area contributed by atoms with Crippen LogP contribution in [0, 0.1) is 6.92 Å². The Bertz CT molecular complexity index is 394. The first-order chi connectivity index (χ1) is 6.83. The van der Waals surface area contributed by atoms with Gasteiger partial charge in [0.25, 0.3) is 0 Å². The first-order valence-corrected chi connectivity index (χ1v) is 5.30. The Kier molecular flexibility index (Phi) is 2.65. The molecule has 0 aromatic carbocycles. The first kappa shape index (κ1) is 9.43. The van der Waals surface area contributed by atoms with Crippen molar-refractivity contribution >= 4 is 11.3 Å². The van der Waals surface area contributed by atoms with Crippen molar-refractivity contribution in [1.82, 2.24) is 4.98 Å². The van der Waals surface area contributed by atoms with E-state index in [1.807, 2.05) is 23.8 Å². The van der Waals surface area contributed by atoms with Crippen molar-refractivity contribution in [2.75, 3.05) is 6.61 Å². The molecule has 2 aromatic rings. The van der Waals surface area contributed by atoms with Crippen LogP contribution in [-0.2, 0) is 0 Å². The van der Waals surface area contributed by atoms with Gasteiger partial charge in [0.05, 0.1) is 18.2 Å². The summed E-state index contributed by atoms with van der Waals surface area (Å²) in [4.78, 5) is 4.02. The molecule has 0 bridgehead atoms. The molecule has 0 aliphatic rings. The predicted octanol–water partition coefficient (Wildman–Crippen LogP) is 2.17. The monoisotopic (exact) mass is 209 g/mol. The van der Waals surface area contributed by atoms with Gasteiger partial charge in [0.1, 0.15) is 5.76 Å². The van der Waals surface area contributed by atoms with Crippen LogP contribution in [0.3, 0.4) is 0 Å². The van der Waals surface area contributed by atoms with Gasteiger partial charge in [0.2, 0.25) is 0 Å². The molecular formula is C10H11NO2S. The van der Waals surface area contributed by atoms with Crippen molar-refractivity contribution in [3.8, 4) is 0 Å². The van der Waals surface area contributed by atoms with Crippen LogP contribution in [0.2, 0.25) is 0 Å². The van der Waals surface area contributed by atoms with Gasteiger partial charge in [-0.05, 0) is 29.3 Å². The van der Waals surface area contributed by atoms with Crippen molar-refractivity contribution in [2.45, 2.75) is 12.8 Å². The molecule has 2 rings (SSSR count). The summed E-state index contributed by atoms with van der Waals surface area (Å²) < 4.78 is 5.27. The number of aliphatic hydroxyl groups is 1. The lowest BCUT2D eigenvalue weighted by Crippen LogP contribution is -2.05. The lowest BCUT2D eigenvalue weighted by Gasteiger charge is -2.09. The Morgan fingerprint density at radius 3 is 3.00 bits per heavy atom. The molecule has 0 spiro atoms. The number of hydrogen-bond donors (Lipinski definition) is 1. The van der Waals surface area contributed by atoms with Gasteiger partial charge in [0.15, 0.2) is 6.39 Å². The third-order valence-corrected chi connectivity index (χ3v) is 2.93. The van der Waals surface area contributed by atoms with Gasteiger partial charge in [-0.2, -0.15) is 11.3 Å². The van der Waals surface area contributed by atoms with Gasteiger partial charge >= 0.3 is 0 Å². The number of aryl methyl sites for hydroxylation is 1. The molecule has 0 amide bonds. The number of nitrogens with zero attached hydrogens (tertiary/aromatic N) is 1. The lowest BCUT2D eigenvalue weighted by molar-refractivity contribution is 0.265. The summed E-state index contributed by atoms with van der Waals surface area (Å²) in [6.45, 7) is 1.93. The second kappa shape index (κ2) is 3.94. The Balaban J connectivity index is 2.36. The van der Waals surface area contributed by atoms with Crippen molar-refractivity contribution < 1.29 is 9.52 Å². The summed E-state index contributed by atoms with van der Waals surface area (Å²) in [7, 11) is 0. The van der Waals surface area contributed by atoms with Gasteiger partial charge in [-0.15, -0.1) is 0 Å². The molecule has 0 saturated heterocycles. The second-order valence-electron chi connectivity index (χ2n) is 3.09. The summed E-state index contributed by atoms with van der Waals surface area (Å²) >= 11 is 1.61. The minimum atomic E-state index is -0.0799. The van der Waals surface area contributed by atoms with Crippen LogP contribution < -0.4 is 0 Å². The first-order valence-electron chi connectivity index (χ1n) is 4.36. The number of rotatable bonds is 3. The summed E-state index contributed by atoms with van der Waals surface area (Å²) in [5.74, 6) is 0.676. The number of hydrogen-bond acceptors (Lipinski definition) is 4. The van der Waals surface area contributed by atoms with E-state index in [-0.39, 0.29) is 12.5 Å². The van der Waals surface area contributed by atoms with Crippen LogP contribution in [0.5, 0.6) is 0 Å². The van der Waals surface area contributed by atoms with Crippen LogP contribution in [0.4, 0.5) is 0 Å². The van der Waals surface area contributed by atoms with Crippen LogP contribution >= 0.6 is 11.3 Å². The fourth-order valence-electron chi connectivity index (χ4n) is 1.46. The zero-order chi connectivity index (χ0) is 9.97. The quantitative estimate of drug-likeness (QED) is 0.842. The van der Waals surface area contributed by atoms with Crippen LogP contribution in [0.15, 0.2) is 27.6 Å². The smallest absolute Gasteiger partial charge is 0.181 e. The lowest BCUT2D eigenvalue weighted by atomic mass is 9.99. The van der Waals surface area contributed by atoms with E-state index in [0.717, 1.165) is 17.0 Å². The molecule has 0 aliphatic heterocycles. The number of thiophene rings is 1. The summed E-state index contributed by atoms with van der Waals surface area (Å²) in [6, 6.07) is 1.99. The molecule has 2 heterocycles. The van der Waals surface area contributed by atoms with E-state index in [4.69, 9.17) is 4.42 Å². The van der Waals surface area contributed by atoms with E-state index in [2.05, 4.69) is 4.98 Å². The summed E-state index contributed by atoms with van der Waals surface area (Å²) in [5.41, 5.74) is 1.92. The summed E-state index contributed by atoms with van der Waals surface area (Å²) in [6.07, 6.45) is 1.42. The maximum absolute atomic E-state index is 9.31. The van der Waals surface area contributed by atoms with Gasteiger partial charge in [0, 0.05) is 0 Å². The highest BCUT2D eigenvalue weighted by Crippen LogP contribution is 2.27. The molecule has 1 N–H and O–H groups in total. The predicted molar refractivity (Wildman–Crippen MR) is 54.5 cm³/mol. The van der Waals surface area contributed by atoms with Crippen molar-refractivity contribution in [3.63, 3.8) is 0 Å². The van der Waals surface area contributed by atoms with Crippen molar-refractivity contribution in [3.05, 3.63) is 40.2 Å². The van der Waals surface area contributed by atoms with E-state index in [1.165, 1.54) is 6.39 Å². The van der Waals surface area contributed by atoms with Crippen LogP contribution in [0.1, 0.15) is 22.9 Å². The highest BCUT2D eigenvalue weighted by Gasteiger charge is 2.19. The average molecular weight is 209 g/mol. The van der Waals surface area contributed by atoms with Gasteiger partial charge in [-0.25, -0.2) is 4.98 Å². The van der Waals surface area contributed by atoms with E-state index < -0.39 is 0 Å². The number of oxazole rings is 1. The Hall–Kier alpha value is -1.13. The van der Waals surface area contributed by atoms with E-state index in [9.17, 15) is 5.11 Å². The molecular weight excluding hydrogens is 198 g/mol. The van der Waals surface area contributed by atoms with Gasteiger partial charge < -0.3 is 9.52 Å². The topological polar surface area (TPSA) is 46.3 Å². The minimum absolute atomic E-state index is 0.0484. The molecule has 3 nitrogen and oxygen atoms in total. The Morgan fingerprint density at radius 1 is 1.64 bits per heavy atom. The second-order valence-corrected chi connectivity index (χ2v) is 3.87. The molecule has 2 aromatic heterocycles. The molecule has 0 aliphatic carbocycles. The van der Waals surface area contributed by atoms with E-state index in [1.54, 1.807) is 11.3 Å². The molecule has 4 heteroatoms. The molecule has 0 radical (unpaired) electrons. The third-order valence-electron chi connectivity index (χ3n) is 2.23. The fourth-order valence-corrected chi connectivity index (χ4v) is 2.17. The highest BCUT2D eigenvalue weighted by atomic mass is 32.1. The standard InChI is InChI=1S/C10H11NO2S/c1-7-10(13-6-11-7)9(4-12)8-2-3-14-5-8/h2-3,5-6,9,12H,4H2,1H3. The zero-order valence-electron chi connectivity index (χ0n) is 7.80. The van der Waals surface area contributed by atoms with Crippen LogP contribution in [0.25, 0.3) is 0 Å². The maximum atomic E-state index is 9.31. The number of aliphatic hydroxyl groups excluding tert-OH is 1. The summed E-state index contributed by atoms with van der Waals surface area (Å²) in [5, 5.41) is 13.3. The Morgan fingerprint density at radius 2 is 2.50 bits per heavy atom. The fraction of sp³-hybridized carbons (Fsp3) is 0.300. The molecule has 74 valence electrons. The normalized spacial score (nSPS) is 13.0. The third kappa shape index (κ3) is 1.58. The van der Waals surface area contributed by atoms with Gasteiger partial charge in [-0.1, -0.05) is 0 Å². The zero-order valence-corrected chi connectivity index (χ0v) is 8.62. The van der Waals surface area contributed by atoms with Gasteiger partial charge in [-0.3, -0.25) is 0 Å². The highest BCUT2D eigenvalue weighted by molar-refractivity contribution is 7.08. The van der Waals surface area contributed by atoms with Crippen LogP contribution in [-0.4, -0.2) is 16.7 Å². The maximum Gasteiger partial charge on any atom is 0.181 e. The largest absolute Gasteiger partial charge is 0.447 e. The molecule has 14 heavy (non-hydrogen) atoms. The van der Waals surface area contributed by atoms with E-state index in [0.29, 0.717) is 0 Å². The Labute approximate surface area is 86.0 Å². The molecule has 0 fully saturated rings.